The van der Waals surface area contributed by atoms with Gasteiger partial charge in [0, 0.05) is 10.8 Å². The smallest absolute Gasteiger partial charge is 0.306 e. The van der Waals surface area contributed by atoms with Crippen molar-refractivity contribution < 1.29 is 0 Å². The fourth-order valence-corrected chi connectivity index (χ4v) is 1.91. The monoisotopic (exact) mass is 218 g/mol. The van der Waals surface area contributed by atoms with Crippen LogP contribution in [0.4, 0.5) is 0 Å². The summed E-state index contributed by atoms with van der Waals surface area (Å²) in [7, 11) is 0. The van der Waals surface area contributed by atoms with Crippen molar-refractivity contribution in [1.82, 2.24) is 9.97 Å². The molecule has 1 aliphatic carbocycles. The SMILES string of the molecule is CC1(C)C=CC(C)(C)C=c2[nH]c(=O)[nH]c2=C1. The van der Waals surface area contributed by atoms with E-state index in [1.54, 1.807) is 0 Å². The van der Waals surface area contributed by atoms with Crippen LogP contribution in [-0.4, -0.2) is 9.97 Å². The Bertz CT molecular complexity index is 546. The summed E-state index contributed by atoms with van der Waals surface area (Å²) in [6.45, 7) is 8.50. The van der Waals surface area contributed by atoms with Gasteiger partial charge in [-0.05, 0) is 12.2 Å². The molecule has 1 heterocycles. The molecule has 1 aromatic heterocycles. The first-order valence-electron chi connectivity index (χ1n) is 5.52. The molecular formula is C13H18N2O. The third kappa shape index (κ3) is 2.18. The predicted octanol–water partition coefficient (Wildman–Crippen LogP) is 0.886. The highest BCUT2D eigenvalue weighted by molar-refractivity contribution is 5.42. The fraction of sp³-hybridized carbons (Fsp3) is 0.462. The molecule has 1 aliphatic rings. The summed E-state index contributed by atoms with van der Waals surface area (Å²) in [5.41, 5.74) is -0.248. The number of fused-ring (bicyclic) bond motifs is 1. The molecule has 0 radical (unpaired) electrons. The molecule has 1 aromatic rings. The normalized spacial score (nSPS) is 21.2. The maximum absolute atomic E-state index is 11.3. The Morgan fingerprint density at radius 3 is 1.62 bits per heavy atom. The Labute approximate surface area is 94.6 Å². The van der Waals surface area contributed by atoms with Gasteiger partial charge in [0.2, 0.25) is 0 Å². The van der Waals surface area contributed by atoms with Crippen LogP contribution in [0.5, 0.6) is 0 Å². The minimum absolute atomic E-state index is 0.0502. The number of allylic oxidation sites excluding steroid dienone is 2. The fourth-order valence-electron chi connectivity index (χ4n) is 1.91. The van der Waals surface area contributed by atoms with Crippen molar-refractivity contribution in [2.45, 2.75) is 27.7 Å². The number of aromatic nitrogens is 2. The summed E-state index contributed by atoms with van der Waals surface area (Å²) >= 11 is 0. The number of imidazole rings is 1. The largest absolute Gasteiger partial charge is 0.323 e. The Balaban J connectivity index is 2.85. The lowest BCUT2D eigenvalue weighted by Crippen LogP contribution is -2.31. The highest BCUT2D eigenvalue weighted by Crippen LogP contribution is 2.26. The van der Waals surface area contributed by atoms with E-state index in [0.717, 1.165) is 10.7 Å². The Morgan fingerprint density at radius 1 is 0.875 bits per heavy atom. The van der Waals surface area contributed by atoms with Crippen LogP contribution in [0.2, 0.25) is 0 Å². The number of hydrogen-bond acceptors (Lipinski definition) is 1. The van der Waals surface area contributed by atoms with Crippen molar-refractivity contribution in [2.75, 3.05) is 0 Å². The molecule has 0 aromatic carbocycles. The molecule has 0 amide bonds. The first kappa shape index (κ1) is 11.0. The lowest BCUT2D eigenvalue weighted by molar-refractivity contribution is 0.616. The summed E-state index contributed by atoms with van der Waals surface area (Å²) in [5, 5.41) is 1.76. The standard InChI is InChI=1S/C13H18N2O/c1-12(2)5-6-13(3,4)8-10-9(7-12)14-11(16)15-10/h5-8H,1-4H3,(H2,14,15,16). The van der Waals surface area contributed by atoms with Crippen molar-refractivity contribution in [2.24, 2.45) is 10.8 Å². The Morgan fingerprint density at radius 2 is 1.25 bits per heavy atom. The minimum atomic E-state index is -0.147. The van der Waals surface area contributed by atoms with Gasteiger partial charge in [-0.2, -0.15) is 0 Å². The predicted molar refractivity (Wildman–Crippen MR) is 66.3 cm³/mol. The molecule has 2 rings (SSSR count). The Hall–Kier alpha value is -1.51. The van der Waals surface area contributed by atoms with E-state index in [-0.39, 0.29) is 16.5 Å². The van der Waals surface area contributed by atoms with E-state index < -0.39 is 0 Å². The van der Waals surface area contributed by atoms with E-state index >= 15 is 0 Å². The lowest BCUT2D eigenvalue weighted by atomic mass is 9.84. The molecule has 3 heteroatoms. The van der Waals surface area contributed by atoms with E-state index in [1.165, 1.54) is 0 Å². The summed E-state index contributed by atoms with van der Waals surface area (Å²) in [6, 6.07) is 0. The molecule has 0 fully saturated rings. The lowest BCUT2D eigenvalue weighted by Gasteiger charge is -2.21. The van der Waals surface area contributed by atoms with Gasteiger partial charge in [0.15, 0.2) is 0 Å². The maximum Gasteiger partial charge on any atom is 0.323 e. The van der Waals surface area contributed by atoms with E-state index in [1.807, 2.05) is 0 Å². The second-order valence-corrected chi connectivity index (χ2v) is 5.67. The van der Waals surface area contributed by atoms with Gasteiger partial charge in [-0.25, -0.2) is 4.79 Å². The first-order valence-corrected chi connectivity index (χ1v) is 5.52. The molecule has 0 atom stereocenters. The molecule has 2 N–H and O–H groups in total. The van der Waals surface area contributed by atoms with Gasteiger partial charge in [-0.3, -0.25) is 0 Å². The summed E-state index contributed by atoms with van der Waals surface area (Å²) in [6.07, 6.45) is 8.50. The molecule has 0 unspecified atom stereocenters. The zero-order chi connectivity index (χ0) is 12.0. The van der Waals surface area contributed by atoms with Gasteiger partial charge < -0.3 is 9.97 Å². The third-order valence-electron chi connectivity index (χ3n) is 2.76. The van der Waals surface area contributed by atoms with E-state index in [0.29, 0.717) is 0 Å². The van der Waals surface area contributed by atoms with Crippen LogP contribution in [0.15, 0.2) is 16.9 Å². The second kappa shape index (κ2) is 3.24. The van der Waals surface area contributed by atoms with E-state index in [9.17, 15) is 4.79 Å². The van der Waals surface area contributed by atoms with Gasteiger partial charge in [0.25, 0.3) is 0 Å². The number of aromatic amines is 2. The van der Waals surface area contributed by atoms with Crippen molar-refractivity contribution in [3.63, 3.8) is 0 Å². The van der Waals surface area contributed by atoms with Crippen LogP contribution < -0.4 is 16.4 Å². The second-order valence-electron chi connectivity index (χ2n) is 5.67. The third-order valence-corrected chi connectivity index (χ3v) is 2.76. The Kier molecular flexibility index (Phi) is 2.22. The van der Waals surface area contributed by atoms with Gasteiger partial charge in [0.1, 0.15) is 0 Å². The zero-order valence-corrected chi connectivity index (χ0v) is 10.2. The summed E-state index contributed by atoms with van der Waals surface area (Å²) in [5.74, 6) is 0. The zero-order valence-electron chi connectivity index (χ0n) is 10.2. The van der Waals surface area contributed by atoms with E-state index in [4.69, 9.17) is 0 Å². The highest BCUT2D eigenvalue weighted by atomic mass is 16.1. The van der Waals surface area contributed by atoms with Crippen LogP contribution in [-0.2, 0) is 0 Å². The van der Waals surface area contributed by atoms with Crippen LogP contribution >= 0.6 is 0 Å². The molecule has 0 spiro atoms. The average Bonchev–Trinajstić information content (AvgIpc) is 2.40. The summed E-state index contributed by atoms with van der Waals surface area (Å²) in [4.78, 5) is 17.0. The maximum atomic E-state index is 11.3. The molecule has 0 saturated carbocycles. The average molecular weight is 218 g/mol. The van der Waals surface area contributed by atoms with Gasteiger partial charge in [0.05, 0.1) is 10.7 Å². The minimum Gasteiger partial charge on any atom is -0.306 e. The molecule has 86 valence electrons. The number of H-pyrrole nitrogens is 2. The van der Waals surface area contributed by atoms with Gasteiger partial charge >= 0.3 is 5.69 Å². The number of hydrogen-bond donors (Lipinski definition) is 2. The number of rotatable bonds is 0. The molecular weight excluding hydrogens is 200 g/mol. The van der Waals surface area contributed by atoms with E-state index in [2.05, 4.69) is 62.0 Å². The van der Waals surface area contributed by atoms with Crippen LogP contribution in [0, 0.1) is 10.8 Å². The number of nitrogens with one attached hydrogen (secondary N) is 2. The molecule has 16 heavy (non-hydrogen) atoms. The molecule has 3 nitrogen and oxygen atoms in total. The van der Waals surface area contributed by atoms with Gasteiger partial charge in [-0.15, -0.1) is 0 Å². The quantitative estimate of drug-likeness (QED) is 0.624. The van der Waals surface area contributed by atoms with Crippen LogP contribution in [0.3, 0.4) is 0 Å². The van der Waals surface area contributed by atoms with Crippen molar-refractivity contribution in [1.29, 1.82) is 0 Å². The van der Waals surface area contributed by atoms with Crippen LogP contribution in [0.1, 0.15) is 27.7 Å². The van der Waals surface area contributed by atoms with Gasteiger partial charge in [-0.1, -0.05) is 39.8 Å². The molecule has 0 saturated heterocycles. The van der Waals surface area contributed by atoms with Crippen LogP contribution in [0.25, 0.3) is 12.2 Å². The van der Waals surface area contributed by atoms with Crippen molar-refractivity contribution in [3.05, 3.63) is 33.3 Å². The molecule has 0 aliphatic heterocycles. The molecule has 0 bridgehead atoms. The topological polar surface area (TPSA) is 48.6 Å². The summed E-state index contributed by atoms with van der Waals surface area (Å²) < 4.78 is 0. The first-order chi connectivity index (χ1) is 7.27. The highest BCUT2D eigenvalue weighted by Gasteiger charge is 2.17. The van der Waals surface area contributed by atoms with Crippen molar-refractivity contribution in [3.8, 4) is 0 Å². The van der Waals surface area contributed by atoms with Crippen molar-refractivity contribution >= 4 is 12.2 Å².